The molecule has 1 fully saturated rings. The predicted octanol–water partition coefficient (Wildman–Crippen LogP) is 2.32. The minimum Gasteiger partial charge on any atom is -0.387 e. The van der Waals surface area contributed by atoms with Crippen molar-refractivity contribution in [3.05, 3.63) is 47.6 Å². The molecule has 1 N–H and O–H groups in total. The molecule has 5 heteroatoms. The summed E-state index contributed by atoms with van der Waals surface area (Å²) in [7, 11) is 0. The minimum absolute atomic E-state index is 0.285. The lowest BCUT2D eigenvalue weighted by Crippen LogP contribution is -2.35. The van der Waals surface area contributed by atoms with Crippen LogP contribution in [0.3, 0.4) is 0 Å². The van der Waals surface area contributed by atoms with Crippen LogP contribution < -0.4 is 0 Å². The smallest absolute Gasteiger partial charge is 0.150 e. The number of aliphatic hydroxyl groups excluding tert-OH is 1. The van der Waals surface area contributed by atoms with Crippen molar-refractivity contribution in [2.45, 2.75) is 32.4 Å². The highest BCUT2D eigenvalue weighted by molar-refractivity contribution is 5.08. The number of aliphatic hydroxyl groups is 1. The molecule has 0 spiro atoms. The fourth-order valence-corrected chi connectivity index (χ4v) is 2.93. The van der Waals surface area contributed by atoms with E-state index in [0.717, 1.165) is 49.6 Å². The topological polar surface area (TPSA) is 62.4 Å². The van der Waals surface area contributed by atoms with E-state index >= 15 is 0 Å². The van der Waals surface area contributed by atoms with Gasteiger partial charge >= 0.3 is 0 Å². The molecule has 0 saturated carbocycles. The SMILES string of the molecule is Cc1cc(CN2CCC([C@H](O)c3ccccn3)CC2)on1. The Hall–Kier alpha value is -1.72. The van der Waals surface area contributed by atoms with Crippen LogP contribution in [0.1, 0.15) is 36.1 Å². The van der Waals surface area contributed by atoms with Crippen LogP contribution in [0.5, 0.6) is 0 Å². The molecule has 0 bridgehead atoms. The molecular formula is C16H21N3O2. The van der Waals surface area contributed by atoms with Gasteiger partial charge < -0.3 is 9.63 Å². The molecule has 112 valence electrons. The molecule has 2 aromatic heterocycles. The van der Waals surface area contributed by atoms with Crippen molar-refractivity contribution in [1.82, 2.24) is 15.0 Å². The summed E-state index contributed by atoms with van der Waals surface area (Å²) in [6.45, 7) is 4.66. The zero-order valence-electron chi connectivity index (χ0n) is 12.3. The van der Waals surface area contributed by atoms with Gasteiger partial charge in [-0.25, -0.2) is 0 Å². The first-order valence-electron chi connectivity index (χ1n) is 7.46. The quantitative estimate of drug-likeness (QED) is 0.935. The van der Waals surface area contributed by atoms with E-state index < -0.39 is 6.10 Å². The second-order valence-corrected chi connectivity index (χ2v) is 5.75. The van der Waals surface area contributed by atoms with Crippen LogP contribution in [0.2, 0.25) is 0 Å². The predicted molar refractivity (Wildman–Crippen MR) is 78.4 cm³/mol. The van der Waals surface area contributed by atoms with Crippen molar-refractivity contribution < 1.29 is 9.63 Å². The van der Waals surface area contributed by atoms with Gasteiger partial charge in [0, 0.05) is 12.3 Å². The van der Waals surface area contributed by atoms with E-state index in [9.17, 15) is 5.11 Å². The fraction of sp³-hybridized carbons (Fsp3) is 0.500. The lowest BCUT2D eigenvalue weighted by atomic mass is 9.89. The van der Waals surface area contributed by atoms with Crippen molar-refractivity contribution in [2.75, 3.05) is 13.1 Å². The summed E-state index contributed by atoms with van der Waals surface area (Å²) in [4.78, 5) is 6.61. The molecule has 0 amide bonds. The van der Waals surface area contributed by atoms with Crippen LogP contribution in [0.4, 0.5) is 0 Å². The molecule has 3 rings (SSSR count). The molecule has 1 aliphatic rings. The molecule has 21 heavy (non-hydrogen) atoms. The van der Waals surface area contributed by atoms with Gasteiger partial charge in [-0.2, -0.15) is 0 Å². The Morgan fingerprint density at radius 3 is 2.81 bits per heavy atom. The average Bonchev–Trinajstić information content (AvgIpc) is 2.93. The Kier molecular flexibility index (Phi) is 4.31. The highest BCUT2D eigenvalue weighted by atomic mass is 16.5. The first-order valence-corrected chi connectivity index (χ1v) is 7.46. The van der Waals surface area contributed by atoms with Crippen LogP contribution in [0, 0.1) is 12.8 Å². The number of hydrogen-bond acceptors (Lipinski definition) is 5. The minimum atomic E-state index is -0.458. The monoisotopic (exact) mass is 287 g/mol. The Morgan fingerprint density at radius 1 is 1.38 bits per heavy atom. The zero-order valence-corrected chi connectivity index (χ0v) is 12.3. The van der Waals surface area contributed by atoms with Crippen LogP contribution in [0.15, 0.2) is 35.0 Å². The molecule has 0 aromatic carbocycles. The summed E-state index contributed by atoms with van der Waals surface area (Å²) >= 11 is 0. The Labute approximate surface area is 124 Å². The number of piperidine rings is 1. The molecule has 1 saturated heterocycles. The van der Waals surface area contributed by atoms with Crippen molar-refractivity contribution in [1.29, 1.82) is 0 Å². The van der Waals surface area contributed by atoms with Gasteiger partial charge in [-0.05, 0) is 50.9 Å². The molecule has 1 atom stereocenters. The second kappa shape index (κ2) is 6.37. The molecule has 0 radical (unpaired) electrons. The van der Waals surface area contributed by atoms with E-state index in [2.05, 4.69) is 15.0 Å². The fourth-order valence-electron chi connectivity index (χ4n) is 2.93. The summed E-state index contributed by atoms with van der Waals surface area (Å²) in [6, 6.07) is 7.67. The summed E-state index contributed by atoms with van der Waals surface area (Å²) < 4.78 is 5.26. The first kappa shape index (κ1) is 14.2. The number of aryl methyl sites for hydroxylation is 1. The third-order valence-electron chi connectivity index (χ3n) is 4.13. The van der Waals surface area contributed by atoms with Gasteiger partial charge in [-0.1, -0.05) is 11.2 Å². The molecule has 1 aliphatic heterocycles. The number of aromatic nitrogens is 2. The molecular weight excluding hydrogens is 266 g/mol. The number of hydrogen-bond donors (Lipinski definition) is 1. The van der Waals surface area contributed by atoms with Gasteiger partial charge in [0.25, 0.3) is 0 Å². The van der Waals surface area contributed by atoms with Crippen molar-refractivity contribution in [3.63, 3.8) is 0 Å². The van der Waals surface area contributed by atoms with Gasteiger partial charge in [-0.15, -0.1) is 0 Å². The Morgan fingerprint density at radius 2 is 2.19 bits per heavy atom. The van der Waals surface area contributed by atoms with Gasteiger partial charge in [0.1, 0.15) is 0 Å². The zero-order chi connectivity index (χ0) is 14.7. The maximum absolute atomic E-state index is 10.4. The van der Waals surface area contributed by atoms with Crippen molar-refractivity contribution >= 4 is 0 Å². The number of likely N-dealkylation sites (tertiary alicyclic amines) is 1. The number of rotatable bonds is 4. The van der Waals surface area contributed by atoms with E-state index in [1.807, 2.05) is 31.2 Å². The molecule has 5 nitrogen and oxygen atoms in total. The Bertz CT molecular complexity index is 562. The lowest BCUT2D eigenvalue weighted by molar-refractivity contribution is 0.0516. The number of pyridine rings is 1. The van der Waals surface area contributed by atoms with Gasteiger partial charge in [0.05, 0.1) is 24.0 Å². The van der Waals surface area contributed by atoms with Crippen molar-refractivity contribution in [2.24, 2.45) is 5.92 Å². The summed E-state index contributed by atoms with van der Waals surface area (Å²) in [6.07, 6.45) is 3.23. The second-order valence-electron chi connectivity index (χ2n) is 5.75. The Balaban J connectivity index is 1.53. The first-order chi connectivity index (χ1) is 10.2. The molecule has 3 heterocycles. The van der Waals surface area contributed by atoms with E-state index in [1.54, 1.807) is 6.20 Å². The van der Waals surface area contributed by atoms with E-state index in [4.69, 9.17) is 4.52 Å². The van der Waals surface area contributed by atoms with Crippen LogP contribution in [0.25, 0.3) is 0 Å². The van der Waals surface area contributed by atoms with Crippen molar-refractivity contribution in [3.8, 4) is 0 Å². The summed E-state index contributed by atoms with van der Waals surface area (Å²) in [5.41, 5.74) is 1.70. The highest BCUT2D eigenvalue weighted by Crippen LogP contribution is 2.30. The van der Waals surface area contributed by atoms with Gasteiger partial charge in [0.2, 0.25) is 0 Å². The maximum Gasteiger partial charge on any atom is 0.150 e. The molecule has 0 aliphatic carbocycles. The van der Waals surface area contributed by atoms with E-state index in [1.165, 1.54) is 0 Å². The largest absolute Gasteiger partial charge is 0.387 e. The van der Waals surface area contributed by atoms with Crippen LogP contribution in [-0.4, -0.2) is 33.2 Å². The molecule has 2 aromatic rings. The summed E-state index contributed by atoms with van der Waals surface area (Å²) in [5.74, 6) is 1.20. The standard InChI is InChI=1S/C16H21N3O2/c1-12-10-14(21-18-12)11-19-8-5-13(6-9-19)16(20)15-4-2-3-7-17-15/h2-4,7,10,13,16,20H,5-6,8-9,11H2,1H3/t16-/m0/s1. The number of nitrogens with zero attached hydrogens (tertiary/aromatic N) is 3. The molecule has 0 unspecified atom stereocenters. The highest BCUT2D eigenvalue weighted by Gasteiger charge is 2.27. The summed E-state index contributed by atoms with van der Waals surface area (Å²) in [5, 5.41) is 14.3. The van der Waals surface area contributed by atoms with E-state index in [-0.39, 0.29) is 5.92 Å². The van der Waals surface area contributed by atoms with Crippen LogP contribution >= 0.6 is 0 Å². The lowest BCUT2D eigenvalue weighted by Gasteiger charge is -2.33. The van der Waals surface area contributed by atoms with Gasteiger partial charge in [0.15, 0.2) is 5.76 Å². The average molecular weight is 287 g/mol. The van der Waals surface area contributed by atoms with Crippen LogP contribution in [-0.2, 0) is 6.54 Å². The normalized spacial score (nSPS) is 18.8. The third kappa shape index (κ3) is 3.49. The maximum atomic E-state index is 10.4. The van der Waals surface area contributed by atoms with Gasteiger partial charge in [-0.3, -0.25) is 9.88 Å². The van der Waals surface area contributed by atoms with E-state index in [0.29, 0.717) is 0 Å². The third-order valence-corrected chi connectivity index (χ3v) is 4.13.